The van der Waals surface area contributed by atoms with E-state index in [1.807, 2.05) is 6.07 Å². The summed E-state index contributed by atoms with van der Waals surface area (Å²) in [5, 5.41) is 21.8. The molecule has 0 fully saturated rings. The quantitative estimate of drug-likeness (QED) is 0.771. The van der Waals surface area contributed by atoms with E-state index in [0.29, 0.717) is 11.3 Å². The van der Waals surface area contributed by atoms with Gasteiger partial charge < -0.3 is 14.9 Å². The molecule has 98 valence electrons. The fourth-order valence-corrected chi connectivity index (χ4v) is 2.75. The minimum atomic E-state index is -1.38. The van der Waals surface area contributed by atoms with E-state index in [2.05, 4.69) is 0 Å². The van der Waals surface area contributed by atoms with E-state index in [1.54, 1.807) is 25.1 Å². The molecular weight excluding hydrogens is 244 g/mol. The molecule has 0 spiro atoms. The van der Waals surface area contributed by atoms with Crippen molar-refractivity contribution in [1.29, 1.82) is 0 Å². The Labute approximate surface area is 110 Å². The summed E-state index contributed by atoms with van der Waals surface area (Å²) in [6.45, 7) is 2.95. The Bertz CT molecular complexity index is 701. The molecule has 0 unspecified atom stereocenters. The van der Waals surface area contributed by atoms with Crippen LogP contribution < -0.4 is 4.74 Å². The number of carbonyl (C=O) groups excluding carboxylic acids is 1. The first kappa shape index (κ1) is 12.0. The molecule has 0 radical (unpaired) electrons. The molecule has 0 amide bonds. The number of ketones is 1. The normalized spacial score (nSPS) is 21.2. The zero-order valence-corrected chi connectivity index (χ0v) is 10.7. The van der Waals surface area contributed by atoms with Crippen LogP contribution in [-0.2, 0) is 6.42 Å². The van der Waals surface area contributed by atoms with E-state index in [4.69, 9.17) is 4.74 Å². The maximum absolute atomic E-state index is 11.8. The van der Waals surface area contributed by atoms with E-state index in [-0.39, 0.29) is 23.5 Å². The lowest BCUT2D eigenvalue weighted by Crippen LogP contribution is -2.37. The summed E-state index contributed by atoms with van der Waals surface area (Å²) in [5.74, 6) is -1.11. The van der Waals surface area contributed by atoms with Crippen LogP contribution in [0.3, 0.4) is 0 Å². The molecule has 1 aliphatic rings. The standard InChI is InChI=1S/C15H14O4/c1-8(16)13-10-7-15(2,18)19-12-5-3-4-9(14(10)12)6-11(13)17/h3-6,17-18H,7H2,1-2H3/t15-/m1/s1. The van der Waals surface area contributed by atoms with Gasteiger partial charge in [-0.15, -0.1) is 0 Å². The SMILES string of the molecule is CC(=O)c1c(O)cc2cccc3c2c1C[C@](C)(O)O3. The maximum Gasteiger partial charge on any atom is 0.209 e. The third-order valence-electron chi connectivity index (χ3n) is 3.40. The zero-order valence-electron chi connectivity index (χ0n) is 10.7. The fraction of sp³-hybridized carbons (Fsp3) is 0.267. The molecule has 4 heteroatoms. The average Bonchev–Trinajstić information content (AvgIpc) is 2.25. The topological polar surface area (TPSA) is 66.8 Å². The molecule has 2 aromatic rings. The van der Waals surface area contributed by atoms with E-state index in [9.17, 15) is 15.0 Å². The van der Waals surface area contributed by atoms with Crippen LogP contribution in [0.5, 0.6) is 11.5 Å². The molecule has 3 rings (SSSR count). The molecule has 19 heavy (non-hydrogen) atoms. The summed E-state index contributed by atoms with van der Waals surface area (Å²) >= 11 is 0. The van der Waals surface area contributed by atoms with Gasteiger partial charge in [0.25, 0.3) is 0 Å². The smallest absolute Gasteiger partial charge is 0.209 e. The Balaban J connectivity index is 2.45. The number of phenols is 1. The van der Waals surface area contributed by atoms with Crippen LogP contribution in [0.15, 0.2) is 24.3 Å². The highest BCUT2D eigenvalue weighted by molar-refractivity contribution is 6.06. The number of Topliss-reactive ketones (excluding diaryl/α,β-unsaturated/α-hetero) is 1. The van der Waals surface area contributed by atoms with Gasteiger partial charge >= 0.3 is 0 Å². The number of carbonyl (C=O) groups is 1. The second kappa shape index (κ2) is 3.71. The van der Waals surface area contributed by atoms with Crippen LogP contribution >= 0.6 is 0 Å². The van der Waals surface area contributed by atoms with Crippen molar-refractivity contribution in [3.63, 3.8) is 0 Å². The highest BCUT2D eigenvalue weighted by atomic mass is 16.6. The zero-order chi connectivity index (χ0) is 13.8. The first-order valence-electron chi connectivity index (χ1n) is 6.09. The highest BCUT2D eigenvalue weighted by Gasteiger charge is 2.33. The van der Waals surface area contributed by atoms with Crippen molar-refractivity contribution in [3.8, 4) is 11.5 Å². The number of ether oxygens (including phenoxy) is 1. The van der Waals surface area contributed by atoms with Gasteiger partial charge in [-0.25, -0.2) is 0 Å². The van der Waals surface area contributed by atoms with Crippen molar-refractivity contribution < 1.29 is 19.7 Å². The molecule has 2 N–H and O–H groups in total. The summed E-state index contributed by atoms with van der Waals surface area (Å²) in [4.78, 5) is 11.8. The number of hydrogen-bond acceptors (Lipinski definition) is 4. The largest absolute Gasteiger partial charge is 0.507 e. The molecule has 0 saturated carbocycles. The van der Waals surface area contributed by atoms with Gasteiger partial charge in [0.1, 0.15) is 11.5 Å². The molecule has 0 aromatic heterocycles. The fourth-order valence-electron chi connectivity index (χ4n) is 2.75. The van der Waals surface area contributed by atoms with Gasteiger partial charge in [0, 0.05) is 18.7 Å². The molecule has 0 bridgehead atoms. The molecule has 1 aliphatic heterocycles. The number of rotatable bonds is 1. The van der Waals surface area contributed by atoms with Crippen molar-refractivity contribution in [2.45, 2.75) is 26.1 Å². The predicted molar refractivity (Wildman–Crippen MR) is 70.6 cm³/mol. The number of benzene rings is 2. The lowest BCUT2D eigenvalue weighted by Gasteiger charge is -2.32. The third kappa shape index (κ3) is 1.76. The Morgan fingerprint density at radius 1 is 1.42 bits per heavy atom. The molecule has 0 aliphatic carbocycles. The average molecular weight is 258 g/mol. The van der Waals surface area contributed by atoms with E-state index < -0.39 is 5.79 Å². The van der Waals surface area contributed by atoms with Crippen molar-refractivity contribution in [2.24, 2.45) is 0 Å². The lowest BCUT2D eigenvalue weighted by molar-refractivity contribution is -0.122. The third-order valence-corrected chi connectivity index (χ3v) is 3.40. The number of hydrogen-bond donors (Lipinski definition) is 2. The number of aliphatic hydroxyl groups is 1. The van der Waals surface area contributed by atoms with Gasteiger partial charge in [-0.1, -0.05) is 12.1 Å². The Hall–Kier alpha value is -2.07. The summed E-state index contributed by atoms with van der Waals surface area (Å²) in [6.07, 6.45) is 0.170. The summed E-state index contributed by atoms with van der Waals surface area (Å²) in [5.41, 5.74) is 0.915. The van der Waals surface area contributed by atoms with Crippen LogP contribution in [0.2, 0.25) is 0 Å². The van der Waals surface area contributed by atoms with Crippen molar-refractivity contribution >= 4 is 16.6 Å². The van der Waals surface area contributed by atoms with Crippen LogP contribution in [0.4, 0.5) is 0 Å². The molecular formula is C15H14O4. The Morgan fingerprint density at radius 2 is 2.16 bits per heavy atom. The minimum absolute atomic E-state index is 0.0511. The van der Waals surface area contributed by atoms with Crippen molar-refractivity contribution in [3.05, 3.63) is 35.4 Å². The van der Waals surface area contributed by atoms with E-state index >= 15 is 0 Å². The summed E-state index contributed by atoms with van der Waals surface area (Å²) in [6, 6.07) is 6.94. The molecule has 0 saturated heterocycles. The van der Waals surface area contributed by atoms with Crippen molar-refractivity contribution in [1.82, 2.24) is 0 Å². The minimum Gasteiger partial charge on any atom is -0.507 e. The maximum atomic E-state index is 11.8. The Morgan fingerprint density at radius 3 is 2.84 bits per heavy atom. The summed E-state index contributed by atoms with van der Waals surface area (Å²) in [7, 11) is 0. The second-order valence-corrected chi connectivity index (χ2v) is 5.11. The van der Waals surface area contributed by atoms with Crippen LogP contribution in [0.25, 0.3) is 10.8 Å². The molecule has 1 heterocycles. The monoisotopic (exact) mass is 258 g/mol. The molecule has 2 aromatic carbocycles. The number of phenolic OH excluding ortho intramolecular Hbond substituents is 1. The van der Waals surface area contributed by atoms with Gasteiger partial charge in [0.05, 0.1) is 5.56 Å². The number of aromatic hydroxyl groups is 1. The van der Waals surface area contributed by atoms with Gasteiger partial charge in [-0.2, -0.15) is 0 Å². The first-order valence-corrected chi connectivity index (χ1v) is 6.09. The lowest BCUT2D eigenvalue weighted by atomic mass is 9.89. The van der Waals surface area contributed by atoms with Gasteiger partial charge in [-0.3, -0.25) is 4.79 Å². The van der Waals surface area contributed by atoms with Gasteiger partial charge in [0.2, 0.25) is 5.79 Å². The van der Waals surface area contributed by atoms with Crippen LogP contribution in [-0.4, -0.2) is 21.8 Å². The Kier molecular flexibility index (Phi) is 2.34. The second-order valence-electron chi connectivity index (χ2n) is 5.11. The van der Waals surface area contributed by atoms with E-state index in [0.717, 1.165) is 10.8 Å². The van der Waals surface area contributed by atoms with Crippen LogP contribution in [0.1, 0.15) is 29.8 Å². The highest BCUT2D eigenvalue weighted by Crippen LogP contribution is 2.42. The molecule has 1 atom stereocenters. The van der Waals surface area contributed by atoms with Gasteiger partial charge in [-0.05, 0) is 30.0 Å². The van der Waals surface area contributed by atoms with Gasteiger partial charge in [0.15, 0.2) is 5.78 Å². The molecule has 4 nitrogen and oxygen atoms in total. The van der Waals surface area contributed by atoms with E-state index in [1.165, 1.54) is 6.92 Å². The van der Waals surface area contributed by atoms with Crippen molar-refractivity contribution in [2.75, 3.05) is 0 Å². The van der Waals surface area contributed by atoms with Crippen LogP contribution in [0, 0.1) is 0 Å². The first-order chi connectivity index (χ1) is 8.89. The summed E-state index contributed by atoms with van der Waals surface area (Å²) < 4.78 is 5.53. The predicted octanol–water partition coefficient (Wildman–Crippen LogP) is 2.39.